The van der Waals surface area contributed by atoms with Gasteiger partial charge in [-0.05, 0) is 56.5 Å². The number of para-hydroxylation sites is 1. The number of nitrogens with zero attached hydrogens (tertiary/aromatic N) is 2. The third-order valence-corrected chi connectivity index (χ3v) is 7.98. The number of hydrogen-bond acceptors (Lipinski definition) is 4. The largest absolute Gasteiger partial charge is 0.354 e. The zero-order valence-corrected chi connectivity index (χ0v) is 22.7. The second kappa shape index (κ2) is 13.2. The summed E-state index contributed by atoms with van der Waals surface area (Å²) in [6.45, 7) is 5.31. The van der Waals surface area contributed by atoms with E-state index in [-0.39, 0.29) is 23.0 Å². The van der Waals surface area contributed by atoms with Crippen molar-refractivity contribution in [3.05, 3.63) is 95.8 Å². The first kappa shape index (κ1) is 28.8. The third-order valence-electron chi connectivity index (χ3n) is 6.21. The lowest BCUT2D eigenvalue weighted by Gasteiger charge is -2.32. The zero-order chi connectivity index (χ0) is 27.7. The SMILES string of the molecule is CCCNC(=O)C(C)N(CCc1ccccc1)C(=O)CN(c1ccccc1F)S(=O)(=O)c1ccc(C)cc1. The van der Waals surface area contributed by atoms with Crippen molar-refractivity contribution >= 4 is 27.5 Å². The van der Waals surface area contributed by atoms with Crippen molar-refractivity contribution in [2.24, 2.45) is 0 Å². The van der Waals surface area contributed by atoms with Crippen LogP contribution in [-0.2, 0) is 26.0 Å². The highest BCUT2D eigenvalue weighted by atomic mass is 32.2. The Hall–Kier alpha value is -3.72. The van der Waals surface area contributed by atoms with Crippen LogP contribution < -0.4 is 9.62 Å². The van der Waals surface area contributed by atoms with Crippen LogP contribution in [-0.4, -0.2) is 50.8 Å². The summed E-state index contributed by atoms with van der Waals surface area (Å²) in [7, 11) is -4.30. The molecule has 1 atom stereocenters. The van der Waals surface area contributed by atoms with E-state index in [1.165, 1.54) is 35.2 Å². The topological polar surface area (TPSA) is 86.8 Å². The van der Waals surface area contributed by atoms with Crippen LogP contribution in [0, 0.1) is 12.7 Å². The van der Waals surface area contributed by atoms with Crippen LogP contribution in [0.1, 0.15) is 31.4 Å². The van der Waals surface area contributed by atoms with Gasteiger partial charge in [-0.15, -0.1) is 0 Å². The van der Waals surface area contributed by atoms with E-state index in [4.69, 9.17) is 0 Å². The Morgan fingerprint density at radius 1 is 0.947 bits per heavy atom. The third kappa shape index (κ3) is 7.19. The van der Waals surface area contributed by atoms with Gasteiger partial charge in [-0.2, -0.15) is 0 Å². The summed E-state index contributed by atoms with van der Waals surface area (Å²) >= 11 is 0. The molecule has 3 aromatic rings. The van der Waals surface area contributed by atoms with Crippen molar-refractivity contribution in [1.29, 1.82) is 0 Å². The molecule has 0 aliphatic carbocycles. The predicted molar refractivity (Wildman–Crippen MR) is 147 cm³/mol. The maximum atomic E-state index is 14.9. The molecule has 1 unspecified atom stereocenters. The zero-order valence-electron chi connectivity index (χ0n) is 21.9. The van der Waals surface area contributed by atoms with Crippen molar-refractivity contribution in [2.75, 3.05) is 23.9 Å². The lowest BCUT2D eigenvalue weighted by atomic mass is 10.1. The summed E-state index contributed by atoms with van der Waals surface area (Å²) in [5.74, 6) is -1.73. The van der Waals surface area contributed by atoms with Gasteiger partial charge in [0.25, 0.3) is 10.0 Å². The fourth-order valence-corrected chi connectivity index (χ4v) is 5.39. The Kier molecular flexibility index (Phi) is 10.0. The van der Waals surface area contributed by atoms with E-state index in [1.807, 2.05) is 44.2 Å². The first-order chi connectivity index (χ1) is 18.1. The number of sulfonamides is 1. The van der Waals surface area contributed by atoms with Gasteiger partial charge >= 0.3 is 0 Å². The van der Waals surface area contributed by atoms with Gasteiger partial charge < -0.3 is 10.2 Å². The van der Waals surface area contributed by atoms with Crippen LogP contribution in [0.15, 0.2) is 83.8 Å². The molecule has 7 nitrogen and oxygen atoms in total. The summed E-state index contributed by atoms with van der Waals surface area (Å²) in [5.41, 5.74) is 1.58. The number of benzene rings is 3. The summed E-state index contributed by atoms with van der Waals surface area (Å²) in [4.78, 5) is 27.8. The molecule has 0 saturated carbocycles. The average molecular weight is 540 g/mol. The molecule has 9 heteroatoms. The number of anilines is 1. The standard InChI is InChI=1S/C29H34FN3O4S/c1-4-19-31-29(35)23(3)32(20-18-24-10-6-5-7-11-24)28(34)21-33(27-13-9-8-12-26(27)30)38(36,37)25-16-14-22(2)15-17-25/h5-17,23H,4,18-21H2,1-3H3,(H,31,35). The van der Waals surface area contributed by atoms with Gasteiger partial charge in [-0.25, -0.2) is 12.8 Å². The fraction of sp³-hybridized carbons (Fsp3) is 0.310. The molecule has 0 aliphatic rings. The van der Waals surface area contributed by atoms with Crippen molar-refractivity contribution < 1.29 is 22.4 Å². The van der Waals surface area contributed by atoms with Gasteiger partial charge in [0.05, 0.1) is 10.6 Å². The van der Waals surface area contributed by atoms with Gasteiger partial charge in [-0.1, -0.05) is 67.1 Å². The molecule has 0 aliphatic heterocycles. The van der Waals surface area contributed by atoms with E-state index in [1.54, 1.807) is 19.1 Å². The van der Waals surface area contributed by atoms with E-state index in [0.717, 1.165) is 27.9 Å². The Morgan fingerprint density at radius 2 is 1.58 bits per heavy atom. The molecule has 38 heavy (non-hydrogen) atoms. The first-order valence-corrected chi connectivity index (χ1v) is 14.0. The highest BCUT2D eigenvalue weighted by Gasteiger charge is 2.33. The molecule has 0 bridgehead atoms. The highest BCUT2D eigenvalue weighted by molar-refractivity contribution is 7.92. The Bertz CT molecular complexity index is 1330. The summed E-state index contributed by atoms with van der Waals surface area (Å²) in [6.07, 6.45) is 1.19. The highest BCUT2D eigenvalue weighted by Crippen LogP contribution is 2.27. The predicted octanol–water partition coefficient (Wildman–Crippen LogP) is 4.32. The number of halogens is 1. The van der Waals surface area contributed by atoms with E-state index in [2.05, 4.69) is 5.32 Å². The fourth-order valence-electron chi connectivity index (χ4n) is 3.97. The molecule has 0 radical (unpaired) electrons. The molecular weight excluding hydrogens is 505 g/mol. The van der Waals surface area contributed by atoms with E-state index >= 15 is 0 Å². The number of nitrogens with one attached hydrogen (secondary N) is 1. The Labute approximate surface area is 224 Å². The van der Waals surface area contributed by atoms with Crippen molar-refractivity contribution in [3.63, 3.8) is 0 Å². The Morgan fingerprint density at radius 3 is 2.21 bits per heavy atom. The molecule has 1 N–H and O–H groups in total. The summed E-state index contributed by atoms with van der Waals surface area (Å²) in [6, 6.07) is 20.2. The molecule has 3 aromatic carbocycles. The first-order valence-electron chi connectivity index (χ1n) is 12.6. The van der Waals surface area contributed by atoms with Crippen molar-refractivity contribution in [3.8, 4) is 0 Å². The molecule has 0 heterocycles. The van der Waals surface area contributed by atoms with Crippen LogP contribution in [0.5, 0.6) is 0 Å². The van der Waals surface area contributed by atoms with Crippen molar-refractivity contribution in [1.82, 2.24) is 10.2 Å². The van der Waals surface area contributed by atoms with E-state index < -0.39 is 34.3 Å². The molecule has 0 spiro atoms. The molecule has 0 aromatic heterocycles. The number of rotatable bonds is 12. The van der Waals surface area contributed by atoms with Gasteiger partial charge in [0, 0.05) is 13.1 Å². The van der Waals surface area contributed by atoms with Crippen molar-refractivity contribution in [2.45, 2.75) is 44.6 Å². The minimum atomic E-state index is -4.30. The molecular formula is C29H34FN3O4S. The molecule has 0 fully saturated rings. The van der Waals surface area contributed by atoms with Crippen LogP contribution in [0.4, 0.5) is 10.1 Å². The van der Waals surface area contributed by atoms with E-state index in [0.29, 0.717) is 13.0 Å². The summed E-state index contributed by atoms with van der Waals surface area (Å²) in [5, 5.41) is 2.80. The monoisotopic (exact) mass is 539 g/mol. The lowest BCUT2D eigenvalue weighted by molar-refractivity contribution is -0.138. The number of carbonyl (C=O) groups is 2. The second-order valence-electron chi connectivity index (χ2n) is 9.07. The quantitative estimate of drug-likeness (QED) is 0.372. The smallest absolute Gasteiger partial charge is 0.264 e. The molecule has 0 saturated heterocycles. The van der Waals surface area contributed by atoms with E-state index in [9.17, 15) is 22.4 Å². The molecule has 202 valence electrons. The van der Waals surface area contributed by atoms with Crippen LogP contribution >= 0.6 is 0 Å². The average Bonchev–Trinajstić information content (AvgIpc) is 2.91. The minimum absolute atomic E-state index is 0.0660. The number of carbonyl (C=O) groups excluding carboxylic acids is 2. The van der Waals surface area contributed by atoms with Gasteiger partial charge in [-0.3, -0.25) is 13.9 Å². The van der Waals surface area contributed by atoms with Gasteiger partial charge in [0.2, 0.25) is 11.8 Å². The van der Waals surface area contributed by atoms with Crippen LogP contribution in [0.25, 0.3) is 0 Å². The van der Waals surface area contributed by atoms with Crippen LogP contribution in [0.2, 0.25) is 0 Å². The maximum absolute atomic E-state index is 14.9. The van der Waals surface area contributed by atoms with Gasteiger partial charge in [0.15, 0.2) is 0 Å². The molecule has 2 amide bonds. The number of amides is 2. The minimum Gasteiger partial charge on any atom is -0.354 e. The normalized spacial score (nSPS) is 12.0. The second-order valence-corrected chi connectivity index (χ2v) is 10.9. The maximum Gasteiger partial charge on any atom is 0.264 e. The molecule has 3 rings (SSSR count). The van der Waals surface area contributed by atoms with Crippen LogP contribution in [0.3, 0.4) is 0 Å². The summed E-state index contributed by atoms with van der Waals surface area (Å²) < 4.78 is 43.1. The number of hydrogen-bond donors (Lipinski definition) is 1. The lowest BCUT2D eigenvalue weighted by Crippen LogP contribution is -2.52. The Balaban J connectivity index is 1.97. The van der Waals surface area contributed by atoms with Gasteiger partial charge in [0.1, 0.15) is 18.4 Å². The number of aryl methyl sites for hydroxylation is 1.